The van der Waals surface area contributed by atoms with E-state index in [1.54, 1.807) is 0 Å². The lowest BCUT2D eigenvalue weighted by Gasteiger charge is -2.26. The van der Waals surface area contributed by atoms with E-state index in [1.165, 1.54) is 0 Å². The molecule has 0 aliphatic carbocycles. The molecule has 2 N–H and O–H groups in total. The van der Waals surface area contributed by atoms with E-state index < -0.39 is 0 Å². The maximum absolute atomic E-state index is 11.5. The number of carbonyl (C=O) groups excluding carboxylic acids is 1. The standard InChI is InChI=1S/C13H28N2O2/c1-11(2)9-12(15(3)4)10-14-13(17)7-5-6-8-16/h11-12,16H,5-10H2,1-4H3,(H,14,17). The summed E-state index contributed by atoms with van der Waals surface area (Å²) in [6.07, 6.45) is 3.07. The molecule has 0 saturated heterocycles. The highest BCUT2D eigenvalue weighted by Crippen LogP contribution is 2.08. The van der Waals surface area contributed by atoms with Gasteiger partial charge in [-0.05, 0) is 39.3 Å². The number of likely N-dealkylation sites (N-methyl/N-ethyl adjacent to an activating group) is 1. The number of nitrogens with one attached hydrogen (secondary N) is 1. The molecule has 0 radical (unpaired) electrons. The van der Waals surface area contributed by atoms with Crippen LogP contribution in [0.2, 0.25) is 0 Å². The van der Waals surface area contributed by atoms with E-state index in [4.69, 9.17) is 5.11 Å². The minimum Gasteiger partial charge on any atom is -0.396 e. The van der Waals surface area contributed by atoms with Gasteiger partial charge in [0.1, 0.15) is 0 Å². The largest absolute Gasteiger partial charge is 0.396 e. The smallest absolute Gasteiger partial charge is 0.220 e. The summed E-state index contributed by atoms with van der Waals surface area (Å²) >= 11 is 0. The fraction of sp³-hybridized carbons (Fsp3) is 0.923. The lowest BCUT2D eigenvalue weighted by atomic mass is 10.0. The van der Waals surface area contributed by atoms with E-state index in [9.17, 15) is 4.79 Å². The number of aliphatic hydroxyl groups is 1. The van der Waals surface area contributed by atoms with Gasteiger partial charge in [-0.2, -0.15) is 0 Å². The van der Waals surface area contributed by atoms with Crippen molar-refractivity contribution in [2.45, 2.75) is 45.6 Å². The van der Waals surface area contributed by atoms with Gasteiger partial charge in [0.05, 0.1) is 0 Å². The highest BCUT2D eigenvalue weighted by Gasteiger charge is 2.14. The molecule has 0 aromatic heterocycles. The zero-order chi connectivity index (χ0) is 13.3. The Morgan fingerprint density at radius 2 is 1.94 bits per heavy atom. The number of hydrogen-bond acceptors (Lipinski definition) is 3. The van der Waals surface area contributed by atoms with Crippen LogP contribution >= 0.6 is 0 Å². The molecular weight excluding hydrogens is 216 g/mol. The van der Waals surface area contributed by atoms with Crippen molar-refractivity contribution in [3.05, 3.63) is 0 Å². The van der Waals surface area contributed by atoms with Crippen molar-refractivity contribution < 1.29 is 9.90 Å². The topological polar surface area (TPSA) is 52.6 Å². The normalized spacial score (nSPS) is 13.1. The Bertz CT molecular complexity index is 206. The predicted molar refractivity (Wildman–Crippen MR) is 70.9 cm³/mol. The summed E-state index contributed by atoms with van der Waals surface area (Å²) < 4.78 is 0. The Kier molecular flexibility index (Phi) is 9.09. The Balaban J connectivity index is 3.83. The quantitative estimate of drug-likeness (QED) is 0.600. The molecule has 0 fully saturated rings. The lowest BCUT2D eigenvalue weighted by Crippen LogP contribution is -2.41. The highest BCUT2D eigenvalue weighted by molar-refractivity contribution is 5.75. The molecule has 0 aliphatic rings. The minimum atomic E-state index is 0.0917. The zero-order valence-corrected chi connectivity index (χ0v) is 11.7. The van der Waals surface area contributed by atoms with Crippen LogP contribution in [0.15, 0.2) is 0 Å². The molecule has 4 heteroatoms. The van der Waals surface area contributed by atoms with Crippen molar-refractivity contribution in [2.24, 2.45) is 5.92 Å². The van der Waals surface area contributed by atoms with Gasteiger partial charge in [0, 0.05) is 25.6 Å². The average Bonchev–Trinajstić information content (AvgIpc) is 2.23. The summed E-state index contributed by atoms with van der Waals surface area (Å²) in [7, 11) is 4.09. The fourth-order valence-corrected chi connectivity index (χ4v) is 1.74. The Morgan fingerprint density at radius 3 is 2.41 bits per heavy atom. The summed E-state index contributed by atoms with van der Waals surface area (Å²) in [6.45, 7) is 5.27. The molecule has 0 heterocycles. The van der Waals surface area contributed by atoms with Gasteiger partial charge in [-0.3, -0.25) is 4.79 Å². The van der Waals surface area contributed by atoms with Gasteiger partial charge < -0.3 is 15.3 Å². The van der Waals surface area contributed by atoms with E-state index in [2.05, 4.69) is 24.1 Å². The van der Waals surface area contributed by atoms with E-state index in [0.717, 1.165) is 12.8 Å². The molecule has 4 nitrogen and oxygen atoms in total. The van der Waals surface area contributed by atoms with Crippen molar-refractivity contribution >= 4 is 5.91 Å². The maximum Gasteiger partial charge on any atom is 0.220 e. The van der Waals surface area contributed by atoms with Crippen LogP contribution in [0, 0.1) is 5.92 Å². The maximum atomic E-state index is 11.5. The summed E-state index contributed by atoms with van der Waals surface area (Å²) in [5.41, 5.74) is 0. The molecule has 0 rings (SSSR count). The van der Waals surface area contributed by atoms with Gasteiger partial charge in [-0.15, -0.1) is 0 Å². The second-order valence-corrected chi connectivity index (χ2v) is 5.23. The molecule has 1 amide bonds. The molecule has 0 bridgehead atoms. The van der Waals surface area contributed by atoms with E-state index in [1.807, 2.05) is 14.1 Å². The summed E-state index contributed by atoms with van der Waals surface area (Å²) in [5, 5.41) is 11.6. The Labute approximate surface area is 105 Å². The number of unbranched alkanes of at least 4 members (excludes halogenated alkanes) is 1. The van der Waals surface area contributed by atoms with E-state index in [0.29, 0.717) is 31.3 Å². The second kappa shape index (κ2) is 9.42. The number of carbonyl (C=O) groups is 1. The van der Waals surface area contributed by atoms with Crippen molar-refractivity contribution in [2.75, 3.05) is 27.2 Å². The van der Waals surface area contributed by atoms with Gasteiger partial charge in [0.2, 0.25) is 5.91 Å². The first-order valence-electron chi connectivity index (χ1n) is 6.51. The van der Waals surface area contributed by atoms with Gasteiger partial charge >= 0.3 is 0 Å². The predicted octanol–water partition coefficient (Wildman–Crippen LogP) is 1.24. The van der Waals surface area contributed by atoms with Crippen LogP contribution in [0.25, 0.3) is 0 Å². The third kappa shape index (κ3) is 9.12. The van der Waals surface area contributed by atoms with Crippen molar-refractivity contribution in [1.29, 1.82) is 0 Å². The molecule has 1 atom stereocenters. The number of rotatable bonds is 9. The number of aliphatic hydroxyl groups excluding tert-OH is 1. The molecule has 102 valence electrons. The molecule has 1 unspecified atom stereocenters. The molecule has 0 aliphatic heterocycles. The first kappa shape index (κ1) is 16.4. The second-order valence-electron chi connectivity index (χ2n) is 5.23. The number of amides is 1. The third-order valence-electron chi connectivity index (χ3n) is 2.82. The number of hydrogen-bond donors (Lipinski definition) is 2. The number of nitrogens with zero attached hydrogens (tertiary/aromatic N) is 1. The lowest BCUT2D eigenvalue weighted by molar-refractivity contribution is -0.121. The van der Waals surface area contributed by atoms with Crippen molar-refractivity contribution in [3.63, 3.8) is 0 Å². The van der Waals surface area contributed by atoms with E-state index >= 15 is 0 Å². The Morgan fingerprint density at radius 1 is 1.29 bits per heavy atom. The zero-order valence-electron chi connectivity index (χ0n) is 11.7. The SMILES string of the molecule is CC(C)CC(CNC(=O)CCCCO)N(C)C. The molecule has 0 aromatic rings. The van der Waals surface area contributed by atoms with Crippen molar-refractivity contribution in [1.82, 2.24) is 10.2 Å². The molecule has 17 heavy (non-hydrogen) atoms. The monoisotopic (exact) mass is 244 g/mol. The first-order valence-corrected chi connectivity index (χ1v) is 6.51. The van der Waals surface area contributed by atoms with Gasteiger partial charge in [0.25, 0.3) is 0 Å². The van der Waals surface area contributed by atoms with Crippen LogP contribution < -0.4 is 5.32 Å². The summed E-state index contributed by atoms with van der Waals surface area (Å²) in [4.78, 5) is 13.7. The van der Waals surface area contributed by atoms with Gasteiger partial charge in [0.15, 0.2) is 0 Å². The van der Waals surface area contributed by atoms with Crippen LogP contribution in [-0.2, 0) is 4.79 Å². The van der Waals surface area contributed by atoms with Crippen LogP contribution in [0.3, 0.4) is 0 Å². The van der Waals surface area contributed by atoms with Gasteiger partial charge in [-0.1, -0.05) is 13.8 Å². The van der Waals surface area contributed by atoms with Crippen molar-refractivity contribution in [3.8, 4) is 0 Å². The average molecular weight is 244 g/mol. The summed E-state index contributed by atoms with van der Waals surface area (Å²) in [5.74, 6) is 0.725. The molecule has 0 spiro atoms. The van der Waals surface area contributed by atoms with Gasteiger partial charge in [-0.25, -0.2) is 0 Å². The first-order chi connectivity index (χ1) is 7.97. The highest BCUT2D eigenvalue weighted by atomic mass is 16.2. The fourth-order valence-electron chi connectivity index (χ4n) is 1.74. The van der Waals surface area contributed by atoms with E-state index in [-0.39, 0.29) is 12.5 Å². The minimum absolute atomic E-state index is 0.0917. The van der Waals surface area contributed by atoms with Crippen LogP contribution in [-0.4, -0.2) is 49.2 Å². The molecule has 0 aromatic carbocycles. The molecule has 0 saturated carbocycles. The van der Waals surface area contributed by atoms with Crippen LogP contribution in [0.4, 0.5) is 0 Å². The van der Waals surface area contributed by atoms with Crippen LogP contribution in [0.5, 0.6) is 0 Å². The van der Waals surface area contributed by atoms with Crippen LogP contribution in [0.1, 0.15) is 39.5 Å². The summed E-state index contributed by atoms with van der Waals surface area (Å²) in [6, 6.07) is 0.400. The third-order valence-corrected chi connectivity index (χ3v) is 2.82. The molecular formula is C13H28N2O2. The Hall–Kier alpha value is -0.610.